The first-order valence-corrected chi connectivity index (χ1v) is 6.52. The first-order valence-electron chi connectivity index (χ1n) is 6.52. The lowest BCUT2D eigenvalue weighted by Crippen LogP contribution is -2.28. The number of nitrogens with zero attached hydrogens (tertiary/aromatic N) is 1. The maximum Gasteiger partial charge on any atom is 0.329 e. The topological polar surface area (TPSA) is 88.5 Å². The molecular formula is C15H16N2O4. The average molecular weight is 288 g/mol. The lowest BCUT2D eigenvalue weighted by molar-refractivity contribution is -0.142. The Labute approximate surface area is 121 Å². The number of carbonyl (C=O) groups is 2. The summed E-state index contributed by atoms with van der Waals surface area (Å²) in [6.07, 6.45) is 0. The molecule has 0 aliphatic rings. The van der Waals surface area contributed by atoms with E-state index < -0.39 is 5.97 Å². The normalized spacial score (nSPS) is 10.5. The SMILES string of the molecule is Cc1ccc2cccc(C(=O)NCCOCC(=O)O)c2n1. The molecule has 0 radical (unpaired) electrons. The fraction of sp³-hybridized carbons (Fsp3) is 0.267. The number of aliphatic carboxylic acids is 1. The zero-order valence-corrected chi connectivity index (χ0v) is 11.6. The van der Waals surface area contributed by atoms with Crippen molar-refractivity contribution in [1.82, 2.24) is 10.3 Å². The summed E-state index contributed by atoms with van der Waals surface area (Å²) in [4.78, 5) is 26.8. The number of aryl methyl sites for hydroxylation is 1. The van der Waals surface area contributed by atoms with Gasteiger partial charge in [0.25, 0.3) is 5.91 Å². The van der Waals surface area contributed by atoms with Gasteiger partial charge in [0, 0.05) is 17.6 Å². The number of aromatic nitrogens is 1. The Kier molecular flexibility index (Phi) is 4.84. The van der Waals surface area contributed by atoms with Gasteiger partial charge in [-0.05, 0) is 19.1 Å². The Morgan fingerprint density at radius 2 is 2.10 bits per heavy atom. The van der Waals surface area contributed by atoms with Gasteiger partial charge in [-0.2, -0.15) is 0 Å². The van der Waals surface area contributed by atoms with E-state index in [0.717, 1.165) is 11.1 Å². The number of amides is 1. The van der Waals surface area contributed by atoms with Crippen LogP contribution in [0.2, 0.25) is 0 Å². The van der Waals surface area contributed by atoms with Crippen LogP contribution in [0.25, 0.3) is 10.9 Å². The van der Waals surface area contributed by atoms with E-state index in [1.54, 1.807) is 12.1 Å². The predicted molar refractivity (Wildman–Crippen MR) is 77.3 cm³/mol. The molecule has 0 spiro atoms. The van der Waals surface area contributed by atoms with E-state index in [4.69, 9.17) is 9.84 Å². The van der Waals surface area contributed by atoms with Crippen molar-refractivity contribution in [2.45, 2.75) is 6.92 Å². The van der Waals surface area contributed by atoms with E-state index in [2.05, 4.69) is 10.3 Å². The first-order chi connectivity index (χ1) is 10.1. The fourth-order valence-corrected chi connectivity index (χ4v) is 1.92. The molecule has 0 aliphatic heterocycles. The van der Waals surface area contributed by atoms with Crippen LogP contribution in [0.4, 0.5) is 0 Å². The van der Waals surface area contributed by atoms with E-state index in [9.17, 15) is 9.59 Å². The second kappa shape index (κ2) is 6.81. The number of hydrogen-bond acceptors (Lipinski definition) is 4. The lowest BCUT2D eigenvalue weighted by atomic mass is 10.1. The third-order valence-electron chi connectivity index (χ3n) is 2.86. The monoisotopic (exact) mass is 288 g/mol. The van der Waals surface area contributed by atoms with Gasteiger partial charge < -0.3 is 15.2 Å². The third kappa shape index (κ3) is 4.00. The third-order valence-corrected chi connectivity index (χ3v) is 2.86. The number of para-hydroxylation sites is 1. The minimum atomic E-state index is -1.03. The largest absolute Gasteiger partial charge is 0.480 e. The van der Waals surface area contributed by atoms with Gasteiger partial charge in [-0.15, -0.1) is 0 Å². The van der Waals surface area contributed by atoms with Crippen LogP contribution in [-0.4, -0.2) is 41.7 Å². The molecular weight excluding hydrogens is 272 g/mol. The summed E-state index contributed by atoms with van der Waals surface area (Å²) < 4.78 is 4.86. The summed E-state index contributed by atoms with van der Waals surface area (Å²) in [5, 5.41) is 12.0. The van der Waals surface area contributed by atoms with Crippen LogP contribution in [-0.2, 0) is 9.53 Å². The maximum absolute atomic E-state index is 12.1. The highest BCUT2D eigenvalue weighted by Crippen LogP contribution is 2.17. The Bertz CT molecular complexity index is 670. The Balaban J connectivity index is 2.02. The van der Waals surface area contributed by atoms with Crippen LogP contribution in [0.15, 0.2) is 30.3 Å². The van der Waals surface area contributed by atoms with Crippen molar-refractivity contribution in [2.24, 2.45) is 0 Å². The Morgan fingerprint density at radius 1 is 1.29 bits per heavy atom. The number of carboxylic acid groups (broad SMARTS) is 1. The summed E-state index contributed by atoms with van der Waals surface area (Å²) in [6.45, 7) is 1.89. The second-order valence-electron chi connectivity index (χ2n) is 4.53. The standard InChI is InChI=1S/C15H16N2O4/c1-10-5-6-11-3-2-4-12(14(11)17-10)15(20)16-7-8-21-9-13(18)19/h2-6H,7-9H2,1H3,(H,16,20)(H,18,19). The highest BCUT2D eigenvalue weighted by Gasteiger charge is 2.10. The van der Waals surface area contributed by atoms with Crippen LogP contribution in [0.1, 0.15) is 16.1 Å². The first kappa shape index (κ1) is 14.9. The van der Waals surface area contributed by atoms with Gasteiger partial charge >= 0.3 is 5.97 Å². The van der Waals surface area contributed by atoms with Crippen molar-refractivity contribution < 1.29 is 19.4 Å². The predicted octanol–water partition coefficient (Wildman–Crippen LogP) is 1.37. The number of carboxylic acids is 1. The number of fused-ring (bicyclic) bond motifs is 1. The molecule has 2 aromatic rings. The molecule has 1 amide bonds. The van der Waals surface area contributed by atoms with Crippen LogP contribution in [0.5, 0.6) is 0 Å². The van der Waals surface area contributed by atoms with Crippen molar-refractivity contribution in [3.05, 3.63) is 41.6 Å². The highest BCUT2D eigenvalue weighted by molar-refractivity contribution is 6.05. The number of carbonyl (C=O) groups excluding carboxylic acids is 1. The van der Waals surface area contributed by atoms with Gasteiger partial charge in [-0.3, -0.25) is 9.78 Å². The summed E-state index contributed by atoms with van der Waals surface area (Å²) in [5.74, 6) is -1.28. The zero-order chi connectivity index (χ0) is 15.2. The van der Waals surface area contributed by atoms with Gasteiger partial charge in [-0.25, -0.2) is 4.79 Å². The van der Waals surface area contributed by atoms with Crippen molar-refractivity contribution in [1.29, 1.82) is 0 Å². The number of ether oxygens (including phenoxy) is 1. The summed E-state index contributed by atoms with van der Waals surface area (Å²) in [7, 11) is 0. The minimum Gasteiger partial charge on any atom is -0.480 e. The molecule has 0 aliphatic carbocycles. The molecule has 1 heterocycles. The van der Waals surface area contributed by atoms with Gasteiger partial charge in [-0.1, -0.05) is 18.2 Å². The number of rotatable bonds is 6. The lowest BCUT2D eigenvalue weighted by Gasteiger charge is -2.08. The van der Waals surface area contributed by atoms with E-state index in [1.807, 2.05) is 25.1 Å². The maximum atomic E-state index is 12.1. The molecule has 2 N–H and O–H groups in total. The molecule has 21 heavy (non-hydrogen) atoms. The highest BCUT2D eigenvalue weighted by atomic mass is 16.5. The van der Waals surface area contributed by atoms with Gasteiger partial charge in [0.15, 0.2) is 0 Å². The Hall–Kier alpha value is -2.47. The molecule has 0 saturated carbocycles. The minimum absolute atomic E-state index is 0.148. The summed E-state index contributed by atoms with van der Waals surface area (Å²) >= 11 is 0. The molecule has 2 rings (SSSR count). The molecule has 110 valence electrons. The smallest absolute Gasteiger partial charge is 0.329 e. The molecule has 0 unspecified atom stereocenters. The summed E-state index contributed by atoms with van der Waals surface area (Å²) in [6, 6.07) is 9.22. The quantitative estimate of drug-likeness (QED) is 0.784. The molecule has 0 bridgehead atoms. The van der Waals surface area contributed by atoms with Crippen molar-refractivity contribution in [3.8, 4) is 0 Å². The van der Waals surface area contributed by atoms with Gasteiger partial charge in [0.1, 0.15) is 6.61 Å². The molecule has 1 aromatic carbocycles. The number of benzene rings is 1. The zero-order valence-electron chi connectivity index (χ0n) is 11.6. The molecule has 0 atom stereocenters. The van der Waals surface area contributed by atoms with E-state index in [-0.39, 0.29) is 25.7 Å². The van der Waals surface area contributed by atoms with E-state index in [1.165, 1.54) is 0 Å². The van der Waals surface area contributed by atoms with Crippen molar-refractivity contribution >= 4 is 22.8 Å². The van der Waals surface area contributed by atoms with Crippen LogP contribution >= 0.6 is 0 Å². The molecule has 6 nitrogen and oxygen atoms in total. The number of nitrogens with one attached hydrogen (secondary N) is 1. The number of hydrogen-bond donors (Lipinski definition) is 2. The van der Waals surface area contributed by atoms with Crippen LogP contribution in [0.3, 0.4) is 0 Å². The van der Waals surface area contributed by atoms with E-state index in [0.29, 0.717) is 11.1 Å². The molecule has 1 aromatic heterocycles. The van der Waals surface area contributed by atoms with Gasteiger partial charge in [0.05, 0.1) is 17.7 Å². The molecule has 6 heteroatoms. The number of pyridine rings is 1. The average Bonchev–Trinajstić information content (AvgIpc) is 2.45. The van der Waals surface area contributed by atoms with Crippen molar-refractivity contribution in [3.63, 3.8) is 0 Å². The molecule has 0 saturated heterocycles. The van der Waals surface area contributed by atoms with Crippen molar-refractivity contribution in [2.75, 3.05) is 19.8 Å². The summed E-state index contributed by atoms with van der Waals surface area (Å²) in [5.41, 5.74) is 1.99. The van der Waals surface area contributed by atoms with Crippen LogP contribution in [0, 0.1) is 6.92 Å². The second-order valence-corrected chi connectivity index (χ2v) is 4.53. The van der Waals surface area contributed by atoms with Gasteiger partial charge in [0.2, 0.25) is 0 Å². The van der Waals surface area contributed by atoms with Crippen LogP contribution < -0.4 is 5.32 Å². The fourth-order valence-electron chi connectivity index (χ4n) is 1.92. The Morgan fingerprint density at radius 3 is 2.86 bits per heavy atom. The molecule has 0 fully saturated rings. The van der Waals surface area contributed by atoms with E-state index >= 15 is 0 Å².